The number of carbonyl (C=O) groups is 2. The molecule has 1 fully saturated rings. The van der Waals surface area contributed by atoms with Crippen LogP contribution in [0, 0.1) is 5.92 Å². The zero-order chi connectivity index (χ0) is 21.1. The maximum atomic E-state index is 14.0. The molecular formula is C20H25FN4O4. The van der Waals surface area contributed by atoms with E-state index in [1.807, 2.05) is 4.90 Å². The molecule has 9 heteroatoms. The number of halogens is 1. The van der Waals surface area contributed by atoms with Crippen molar-refractivity contribution < 1.29 is 23.5 Å². The van der Waals surface area contributed by atoms with Gasteiger partial charge < -0.3 is 19.3 Å². The Labute approximate surface area is 169 Å². The van der Waals surface area contributed by atoms with Crippen molar-refractivity contribution in [1.29, 1.82) is 0 Å². The monoisotopic (exact) mass is 404 g/mol. The lowest BCUT2D eigenvalue weighted by Gasteiger charge is -2.36. The average molecular weight is 404 g/mol. The lowest BCUT2D eigenvalue weighted by Crippen LogP contribution is -2.51. The highest BCUT2D eigenvalue weighted by molar-refractivity contribution is 6.18. The van der Waals surface area contributed by atoms with E-state index < -0.39 is 12.1 Å². The van der Waals surface area contributed by atoms with Crippen LogP contribution in [0.5, 0.6) is 11.5 Å². The number of hydrogen-bond donors (Lipinski definition) is 0. The Bertz CT molecular complexity index is 860. The number of carbonyl (C=O) groups excluding carboxylic acids is 2. The highest BCUT2D eigenvalue weighted by atomic mass is 19.1. The molecule has 0 N–H and O–H groups in total. The Hall–Kier alpha value is -2.97. The highest BCUT2D eigenvalue weighted by Gasteiger charge is 2.33. The van der Waals surface area contributed by atoms with E-state index in [-0.39, 0.29) is 23.5 Å². The summed E-state index contributed by atoms with van der Waals surface area (Å²) in [5, 5.41) is 0. The smallest absolute Gasteiger partial charge is 0.289 e. The Morgan fingerprint density at radius 1 is 1.10 bits per heavy atom. The van der Waals surface area contributed by atoms with Gasteiger partial charge in [-0.05, 0) is 24.1 Å². The molecule has 1 saturated heterocycles. The molecule has 8 nitrogen and oxygen atoms in total. The number of amides is 2. The normalized spacial score (nSPS) is 19.8. The van der Waals surface area contributed by atoms with Crippen LogP contribution >= 0.6 is 0 Å². The number of alkyl halides is 1. The molecule has 0 saturated carbocycles. The Morgan fingerprint density at radius 3 is 2.34 bits per heavy atom. The van der Waals surface area contributed by atoms with Gasteiger partial charge in [0.15, 0.2) is 11.5 Å². The molecule has 0 spiro atoms. The largest absolute Gasteiger partial charge is 0.493 e. The lowest BCUT2D eigenvalue weighted by molar-refractivity contribution is -0.120. The van der Waals surface area contributed by atoms with Crippen molar-refractivity contribution >= 4 is 23.5 Å². The summed E-state index contributed by atoms with van der Waals surface area (Å²) in [5.74, 6) is 0.144. The van der Waals surface area contributed by atoms with Crippen LogP contribution in [-0.4, -0.2) is 79.9 Å². The number of methoxy groups -OCH3 is 2. The molecule has 156 valence electrons. The van der Waals surface area contributed by atoms with Crippen LogP contribution < -0.4 is 9.47 Å². The first-order valence-electron chi connectivity index (χ1n) is 9.47. The second-order valence-electron chi connectivity index (χ2n) is 7.15. The standard InChI is InChI=1S/C20H25FN4O4/c1-12(2)17-16(21)18(26)23-20(22-17)25-9-7-24(8-10-25)19(27)13-5-6-14(28-3)15(11-13)29-4/h5-6,11-12,16H,7-10H2,1-4H3. The van der Waals surface area contributed by atoms with Gasteiger partial charge in [0.05, 0.1) is 19.9 Å². The molecule has 1 unspecified atom stereocenters. The maximum absolute atomic E-state index is 14.0. The molecule has 1 aromatic rings. The van der Waals surface area contributed by atoms with E-state index in [1.54, 1.807) is 36.9 Å². The van der Waals surface area contributed by atoms with E-state index in [2.05, 4.69) is 9.98 Å². The summed E-state index contributed by atoms with van der Waals surface area (Å²) in [6.07, 6.45) is -1.77. The van der Waals surface area contributed by atoms with Gasteiger partial charge in [0.1, 0.15) is 0 Å². The lowest BCUT2D eigenvalue weighted by atomic mass is 10.0. The topological polar surface area (TPSA) is 83.8 Å². The minimum atomic E-state index is -1.77. The molecule has 29 heavy (non-hydrogen) atoms. The van der Waals surface area contributed by atoms with E-state index in [0.717, 1.165) is 0 Å². The summed E-state index contributed by atoms with van der Waals surface area (Å²) in [6, 6.07) is 5.04. The summed E-state index contributed by atoms with van der Waals surface area (Å²) in [6.45, 7) is 5.37. The molecular weight excluding hydrogens is 379 g/mol. The number of piperazine rings is 1. The fourth-order valence-corrected chi connectivity index (χ4v) is 3.30. The van der Waals surface area contributed by atoms with E-state index in [1.165, 1.54) is 14.2 Å². The van der Waals surface area contributed by atoms with E-state index in [0.29, 0.717) is 43.2 Å². The summed E-state index contributed by atoms with van der Waals surface area (Å²) in [7, 11) is 3.06. The molecule has 2 amide bonds. The van der Waals surface area contributed by atoms with E-state index in [9.17, 15) is 14.0 Å². The Morgan fingerprint density at radius 2 is 1.76 bits per heavy atom. The predicted molar refractivity (Wildman–Crippen MR) is 107 cm³/mol. The zero-order valence-corrected chi connectivity index (χ0v) is 17.0. The number of ether oxygens (including phenoxy) is 2. The molecule has 2 heterocycles. The second-order valence-corrected chi connectivity index (χ2v) is 7.15. The van der Waals surface area contributed by atoms with Crippen LogP contribution in [0.2, 0.25) is 0 Å². The molecule has 1 aromatic carbocycles. The molecule has 1 atom stereocenters. The minimum absolute atomic E-state index is 0.123. The molecule has 0 aliphatic carbocycles. The van der Waals surface area contributed by atoms with Crippen LogP contribution in [-0.2, 0) is 4.79 Å². The van der Waals surface area contributed by atoms with Gasteiger partial charge in [-0.1, -0.05) is 13.8 Å². The average Bonchev–Trinajstić information content (AvgIpc) is 2.74. The first kappa shape index (κ1) is 20.8. The van der Waals surface area contributed by atoms with Crippen LogP contribution in [0.4, 0.5) is 4.39 Å². The van der Waals surface area contributed by atoms with Crippen LogP contribution in [0.1, 0.15) is 24.2 Å². The minimum Gasteiger partial charge on any atom is -0.493 e. The van der Waals surface area contributed by atoms with Crippen molar-refractivity contribution in [2.75, 3.05) is 40.4 Å². The zero-order valence-electron chi connectivity index (χ0n) is 17.0. The number of benzene rings is 1. The number of nitrogens with zero attached hydrogens (tertiary/aromatic N) is 4. The SMILES string of the molecule is COc1ccc(C(=O)N2CCN(C3=NC(=O)C(F)C(C(C)C)=N3)CC2)cc1OC. The maximum Gasteiger partial charge on any atom is 0.289 e. The Kier molecular flexibility index (Phi) is 6.14. The van der Waals surface area contributed by atoms with Gasteiger partial charge >= 0.3 is 0 Å². The molecule has 0 aromatic heterocycles. The van der Waals surface area contributed by atoms with Crippen molar-refractivity contribution in [3.8, 4) is 11.5 Å². The van der Waals surface area contributed by atoms with Crippen LogP contribution in [0.25, 0.3) is 0 Å². The highest BCUT2D eigenvalue weighted by Crippen LogP contribution is 2.28. The fraction of sp³-hybridized carbons (Fsp3) is 0.500. The van der Waals surface area contributed by atoms with Crippen molar-refractivity contribution in [3.05, 3.63) is 23.8 Å². The number of aliphatic imine (C=N–C) groups is 2. The summed E-state index contributed by atoms with van der Waals surface area (Å²) >= 11 is 0. The Balaban J connectivity index is 1.68. The van der Waals surface area contributed by atoms with Crippen LogP contribution in [0.15, 0.2) is 28.2 Å². The van der Waals surface area contributed by atoms with Gasteiger partial charge in [-0.15, -0.1) is 0 Å². The summed E-state index contributed by atoms with van der Waals surface area (Å²) in [4.78, 5) is 36.3. The summed E-state index contributed by atoms with van der Waals surface area (Å²) < 4.78 is 24.5. The van der Waals surface area contributed by atoms with Gasteiger partial charge in [0.2, 0.25) is 12.1 Å². The number of rotatable bonds is 4. The van der Waals surface area contributed by atoms with Crippen molar-refractivity contribution in [1.82, 2.24) is 9.80 Å². The van der Waals surface area contributed by atoms with Crippen molar-refractivity contribution in [3.63, 3.8) is 0 Å². The van der Waals surface area contributed by atoms with E-state index in [4.69, 9.17) is 9.47 Å². The predicted octanol–water partition coefficient (Wildman–Crippen LogP) is 1.79. The second kappa shape index (κ2) is 8.59. The van der Waals surface area contributed by atoms with E-state index >= 15 is 0 Å². The molecule has 0 bridgehead atoms. The third-order valence-corrected chi connectivity index (χ3v) is 4.99. The van der Waals surface area contributed by atoms with Crippen molar-refractivity contribution in [2.24, 2.45) is 15.9 Å². The quantitative estimate of drug-likeness (QED) is 0.764. The molecule has 2 aliphatic heterocycles. The van der Waals surface area contributed by atoms with Crippen LogP contribution in [0.3, 0.4) is 0 Å². The van der Waals surface area contributed by atoms with Gasteiger partial charge in [-0.2, -0.15) is 4.99 Å². The molecule has 3 rings (SSSR count). The first-order valence-corrected chi connectivity index (χ1v) is 9.47. The fourth-order valence-electron chi connectivity index (χ4n) is 3.30. The third-order valence-electron chi connectivity index (χ3n) is 4.99. The van der Waals surface area contributed by atoms with Gasteiger partial charge in [-0.3, -0.25) is 9.59 Å². The van der Waals surface area contributed by atoms with Gasteiger partial charge in [0.25, 0.3) is 11.8 Å². The molecule has 2 aliphatic rings. The molecule has 0 radical (unpaired) electrons. The summed E-state index contributed by atoms with van der Waals surface area (Å²) in [5.41, 5.74) is 0.700. The third kappa shape index (κ3) is 4.23. The first-order chi connectivity index (χ1) is 13.8. The number of guanidine groups is 1. The van der Waals surface area contributed by atoms with Gasteiger partial charge in [-0.25, -0.2) is 9.38 Å². The van der Waals surface area contributed by atoms with Gasteiger partial charge in [0, 0.05) is 31.7 Å². The number of hydrogen-bond acceptors (Lipinski definition) is 6. The van der Waals surface area contributed by atoms with Crippen molar-refractivity contribution in [2.45, 2.75) is 20.0 Å².